The highest BCUT2D eigenvalue weighted by molar-refractivity contribution is 6.01. The van der Waals surface area contributed by atoms with Crippen molar-refractivity contribution >= 4 is 28.0 Å². The molecular weight excluding hydrogens is 386 g/mol. The predicted octanol–water partition coefficient (Wildman–Crippen LogP) is 2.85. The number of ether oxygens (including phenoxy) is 2. The standard InChI is InChI=1S/C21H27N5O4/c1-3-7-21(18(12-28-4-2)29-9-8-26(21)20(27)30-22)14-5-6-16-15(10-14)19-17(11-23-16)24-13-25-19/h5-6,10-11,13,18H,3-4,7-9,12,22H2,1-2H3,(H,24,25). The van der Waals surface area contributed by atoms with E-state index in [-0.39, 0.29) is 6.10 Å². The van der Waals surface area contributed by atoms with E-state index in [0.717, 1.165) is 33.9 Å². The first-order chi connectivity index (χ1) is 14.7. The number of nitrogens with two attached hydrogens (primary N) is 1. The van der Waals surface area contributed by atoms with Gasteiger partial charge in [0.2, 0.25) is 0 Å². The summed E-state index contributed by atoms with van der Waals surface area (Å²) in [7, 11) is 0. The lowest BCUT2D eigenvalue weighted by atomic mass is 9.77. The van der Waals surface area contributed by atoms with Crippen LogP contribution in [0, 0.1) is 0 Å². The van der Waals surface area contributed by atoms with E-state index in [1.54, 1.807) is 17.4 Å². The van der Waals surface area contributed by atoms with Crippen LogP contribution in [-0.4, -0.2) is 58.4 Å². The van der Waals surface area contributed by atoms with Crippen LogP contribution in [0.15, 0.2) is 30.7 Å². The van der Waals surface area contributed by atoms with E-state index in [0.29, 0.717) is 32.8 Å². The number of aromatic amines is 1. The highest BCUT2D eigenvalue weighted by Gasteiger charge is 2.51. The lowest BCUT2D eigenvalue weighted by Crippen LogP contribution is -2.63. The maximum atomic E-state index is 12.7. The van der Waals surface area contributed by atoms with E-state index in [2.05, 4.69) is 26.7 Å². The molecule has 0 aliphatic carbocycles. The van der Waals surface area contributed by atoms with Crippen molar-refractivity contribution < 1.29 is 19.1 Å². The molecule has 1 aliphatic heterocycles. The maximum Gasteiger partial charge on any atom is 0.429 e. The van der Waals surface area contributed by atoms with Gasteiger partial charge in [-0.05, 0) is 31.0 Å². The lowest BCUT2D eigenvalue weighted by molar-refractivity contribution is -0.149. The monoisotopic (exact) mass is 413 g/mol. The zero-order valence-corrected chi connectivity index (χ0v) is 17.3. The fourth-order valence-corrected chi connectivity index (χ4v) is 4.55. The first-order valence-corrected chi connectivity index (χ1v) is 10.3. The molecule has 3 N–H and O–H groups in total. The lowest BCUT2D eigenvalue weighted by Gasteiger charge is -2.51. The Bertz CT molecular complexity index is 1040. The second-order valence-corrected chi connectivity index (χ2v) is 7.38. The third-order valence-electron chi connectivity index (χ3n) is 5.83. The molecule has 1 amide bonds. The van der Waals surface area contributed by atoms with Crippen LogP contribution < -0.4 is 5.90 Å². The largest absolute Gasteiger partial charge is 0.429 e. The number of carbonyl (C=O) groups excluding carboxylic acids is 1. The summed E-state index contributed by atoms with van der Waals surface area (Å²) in [6.07, 6.45) is 3.96. The van der Waals surface area contributed by atoms with E-state index in [4.69, 9.17) is 15.4 Å². The number of nitrogens with one attached hydrogen (secondary N) is 1. The quantitative estimate of drug-likeness (QED) is 0.597. The Balaban J connectivity index is 1.93. The number of benzene rings is 1. The van der Waals surface area contributed by atoms with Crippen LogP contribution in [0.1, 0.15) is 32.3 Å². The molecule has 2 aromatic heterocycles. The Morgan fingerprint density at radius 1 is 1.40 bits per heavy atom. The minimum absolute atomic E-state index is 0.355. The molecule has 160 valence electrons. The summed E-state index contributed by atoms with van der Waals surface area (Å²) in [5.74, 6) is 5.31. The summed E-state index contributed by atoms with van der Waals surface area (Å²) < 4.78 is 11.9. The average Bonchev–Trinajstić information content (AvgIpc) is 3.27. The number of nitrogens with zero attached hydrogens (tertiary/aromatic N) is 3. The van der Waals surface area contributed by atoms with Crippen molar-refractivity contribution in [2.24, 2.45) is 5.90 Å². The maximum absolute atomic E-state index is 12.7. The molecule has 1 aliphatic rings. The topological polar surface area (TPSA) is 116 Å². The number of pyridine rings is 1. The first kappa shape index (κ1) is 20.5. The van der Waals surface area contributed by atoms with Crippen molar-refractivity contribution in [1.29, 1.82) is 0 Å². The molecule has 4 rings (SSSR count). The second-order valence-electron chi connectivity index (χ2n) is 7.38. The fraction of sp³-hybridized carbons (Fsp3) is 0.476. The Labute approximate surface area is 174 Å². The molecule has 0 bridgehead atoms. The van der Waals surface area contributed by atoms with Gasteiger partial charge in [0.25, 0.3) is 0 Å². The van der Waals surface area contributed by atoms with Gasteiger partial charge < -0.3 is 19.3 Å². The Hall–Kier alpha value is -2.75. The third kappa shape index (κ3) is 3.28. The zero-order chi connectivity index (χ0) is 21.1. The smallest absolute Gasteiger partial charge is 0.379 e. The number of imidazole rings is 1. The summed E-state index contributed by atoms with van der Waals surface area (Å²) in [4.78, 5) is 31.2. The van der Waals surface area contributed by atoms with Gasteiger partial charge in [0.05, 0.1) is 47.8 Å². The molecule has 0 radical (unpaired) electrons. The summed E-state index contributed by atoms with van der Waals surface area (Å²) in [5.41, 5.74) is 2.65. The van der Waals surface area contributed by atoms with Crippen molar-refractivity contribution in [3.63, 3.8) is 0 Å². The van der Waals surface area contributed by atoms with Gasteiger partial charge in [0, 0.05) is 18.5 Å². The molecule has 3 heterocycles. The number of rotatable bonds is 6. The fourth-order valence-electron chi connectivity index (χ4n) is 4.55. The van der Waals surface area contributed by atoms with Crippen molar-refractivity contribution in [2.45, 2.75) is 38.3 Å². The molecule has 2 unspecified atom stereocenters. The van der Waals surface area contributed by atoms with Crippen LogP contribution in [0.2, 0.25) is 0 Å². The number of hydrogen-bond acceptors (Lipinski definition) is 7. The van der Waals surface area contributed by atoms with Crippen molar-refractivity contribution in [1.82, 2.24) is 19.9 Å². The van der Waals surface area contributed by atoms with Gasteiger partial charge in [0.15, 0.2) is 0 Å². The summed E-state index contributed by atoms with van der Waals surface area (Å²) in [6, 6.07) is 5.99. The van der Waals surface area contributed by atoms with Gasteiger partial charge in [-0.25, -0.2) is 9.78 Å². The number of fused-ring (bicyclic) bond motifs is 3. The van der Waals surface area contributed by atoms with Crippen LogP contribution in [-0.2, 0) is 19.9 Å². The predicted molar refractivity (Wildman–Crippen MR) is 112 cm³/mol. The Morgan fingerprint density at radius 3 is 3.03 bits per heavy atom. The van der Waals surface area contributed by atoms with Crippen LogP contribution >= 0.6 is 0 Å². The number of amides is 1. The SMILES string of the molecule is CCCC1(c2ccc3ncc4[nH]cnc4c3c2)C(COCC)OCCN1C(=O)ON. The van der Waals surface area contributed by atoms with Gasteiger partial charge in [-0.2, -0.15) is 5.90 Å². The first-order valence-electron chi connectivity index (χ1n) is 10.3. The number of H-pyrrole nitrogens is 1. The van der Waals surface area contributed by atoms with E-state index in [1.165, 1.54) is 0 Å². The Kier molecular flexibility index (Phi) is 5.85. The highest BCUT2D eigenvalue weighted by Crippen LogP contribution is 2.42. The van der Waals surface area contributed by atoms with Gasteiger partial charge in [0.1, 0.15) is 6.10 Å². The zero-order valence-electron chi connectivity index (χ0n) is 17.3. The van der Waals surface area contributed by atoms with Crippen LogP contribution in [0.25, 0.3) is 21.9 Å². The Morgan fingerprint density at radius 2 is 2.27 bits per heavy atom. The van der Waals surface area contributed by atoms with Crippen LogP contribution in [0.4, 0.5) is 4.79 Å². The highest BCUT2D eigenvalue weighted by atomic mass is 16.7. The molecule has 9 heteroatoms. The van der Waals surface area contributed by atoms with E-state index in [9.17, 15) is 4.79 Å². The van der Waals surface area contributed by atoms with Gasteiger partial charge in [-0.3, -0.25) is 9.88 Å². The summed E-state index contributed by atoms with van der Waals surface area (Å²) in [6.45, 7) is 5.69. The third-order valence-corrected chi connectivity index (χ3v) is 5.83. The number of carbonyl (C=O) groups is 1. The molecule has 0 spiro atoms. The van der Waals surface area contributed by atoms with Crippen molar-refractivity contribution in [3.05, 3.63) is 36.3 Å². The van der Waals surface area contributed by atoms with Crippen molar-refractivity contribution in [2.75, 3.05) is 26.4 Å². The molecule has 1 aromatic carbocycles. The molecule has 2 atom stereocenters. The van der Waals surface area contributed by atoms with E-state index < -0.39 is 11.6 Å². The van der Waals surface area contributed by atoms with Gasteiger partial charge >= 0.3 is 6.09 Å². The van der Waals surface area contributed by atoms with Gasteiger partial charge in [-0.1, -0.05) is 19.4 Å². The average molecular weight is 413 g/mol. The summed E-state index contributed by atoms with van der Waals surface area (Å²) in [5, 5.41) is 0.906. The number of morpholine rings is 1. The molecular formula is C21H27N5O4. The number of hydrogen-bond donors (Lipinski definition) is 2. The molecule has 0 saturated carbocycles. The van der Waals surface area contributed by atoms with E-state index >= 15 is 0 Å². The van der Waals surface area contributed by atoms with Crippen LogP contribution in [0.3, 0.4) is 0 Å². The second kappa shape index (κ2) is 8.55. The van der Waals surface area contributed by atoms with Crippen LogP contribution in [0.5, 0.6) is 0 Å². The summed E-state index contributed by atoms with van der Waals surface area (Å²) >= 11 is 0. The van der Waals surface area contributed by atoms with Crippen molar-refractivity contribution in [3.8, 4) is 0 Å². The molecule has 9 nitrogen and oxygen atoms in total. The normalized spacial score (nSPS) is 22.0. The molecule has 3 aromatic rings. The molecule has 30 heavy (non-hydrogen) atoms. The molecule has 1 saturated heterocycles. The number of aromatic nitrogens is 3. The van der Waals surface area contributed by atoms with E-state index in [1.807, 2.05) is 25.1 Å². The molecule has 1 fully saturated rings. The minimum atomic E-state index is -0.786. The van der Waals surface area contributed by atoms with Gasteiger partial charge in [-0.15, -0.1) is 0 Å². The minimum Gasteiger partial charge on any atom is -0.379 e.